The summed E-state index contributed by atoms with van der Waals surface area (Å²) in [6.45, 7) is 1.95. The molecule has 0 spiro atoms. The van der Waals surface area contributed by atoms with Crippen LogP contribution < -0.4 is 0 Å². The van der Waals surface area contributed by atoms with Gasteiger partial charge in [0.25, 0.3) is 0 Å². The van der Waals surface area contributed by atoms with Crippen molar-refractivity contribution in [2.24, 2.45) is 0 Å². The first-order chi connectivity index (χ1) is 12.4. The third-order valence-corrected chi connectivity index (χ3v) is 8.36. The summed E-state index contributed by atoms with van der Waals surface area (Å²) in [6, 6.07) is 0.525. The van der Waals surface area contributed by atoms with Crippen LogP contribution >= 0.6 is 11.8 Å². The SMILES string of the molecule is Cc1nnc(SCC(=O)N(C2CCCC2)[C@H]2CCS(=O)(=O)C2)n1C1CC1. The first kappa shape index (κ1) is 18.3. The Labute approximate surface area is 158 Å². The summed E-state index contributed by atoms with van der Waals surface area (Å²) in [5.41, 5.74) is 0. The van der Waals surface area contributed by atoms with Gasteiger partial charge in [-0.25, -0.2) is 8.42 Å². The Kier molecular flexibility index (Phi) is 5.02. The summed E-state index contributed by atoms with van der Waals surface area (Å²) < 4.78 is 26.0. The molecule has 9 heteroatoms. The molecule has 1 aromatic heterocycles. The minimum Gasteiger partial charge on any atom is -0.335 e. The third kappa shape index (κ3) is 3.78. The van der Waals surface area contributed by atoms with Crippen molar-refractivity contribution < 1.29 is 13.2 Å². The fraction of sp³-hybridized carbons (Fsp3) is 0.824. The van der Waals surface area contributed by atoms with E-state index in [1.165, 1.54) is 11.8 Å². The number of carbonyl (C=O) groups excluding carboxylic acids is 1. The van der Waals surface area contributed by atoms with Crippen molar-refractivity contribution in [1.82, 2.24) is 19.7 Å². The number of carbonyl (C=O) groups is 1. The molecule has 0 aromatic carbocycles. The molecule has 2 heterocycles. The zero-order valence-corrected chi connectivity index (χ0v) is 16.8. The van der Waals surface area contributed by atoms with Gasteiger partial charge in [-0.15, -0.1) is 10.2 Å². The normalized spacial score (nSPS) is 25.7. The summed E-state index contributed by atoms with van der Waals surface area (Å²) in [5, 5.41) is 9.21. The lowest BCUT2D eigenvalue weighted by Gasteiger charge is -2.34. The van der Waals surface area contributed by atoms with Crippen LogP contribution in [0.25, 0.3) is 0 Å². The van der Waals surface area contributed by atoms with Crippen LogP contribution in [0.3, 0.4) is 0 Å². The van der Waals surface area contributed by atoms with E-state index in [4.69, 9.17) is 0 Å². The molecule has 0 bridgehead atoms. The highest BCUT2D eigenvalue weighted by Gasteiger charge is 2.39. The average Bonchev–Trinajstić information content (AvgIpc) is 2.99. The molecule has 1 atom stereocenters. The maximum absolute atomic E-state index is 13.1. The van der Waals surface area contributed by atoms with Crippen LogP contribution in [0.5, 0.6) is 0 Å². The van der Waals surface area contributed by atoms with E-state index >= 15 is 0 Å². The molecule has 0 N–H and O–H groups in total. The van der Waals surface area contributed by atoms with Gasteiger partial charge in [0.05, 0.1) is 17.3 Å². The number of rotatable bonds is 6. The second-order valence-corrected chi connectivity index (χ2v) is 10.9. The van der Waals surface area contributed by atoms with Gasteiger partial charge in [-0.05, 0) is 39.0 Å². The van der Waals surface area contributed by atoms with E-state index in [9.17, 15) is 13.2 Å². The topological polar surface area (TPSA) is 85.2 Å². The molecule has 0 unspecified atom stereocenters. The molecule has 3 fully saturated rings. The van der Waals surface area contributed by atoms with Crippen molar-refractivity contribution in [3.8, 4) is 0 Å². The minimum atomic E-state index is -3.00. The van der Waals surface area contributed by atoms with Crippen molar-refractivity contribution in [3.63, 3.8) is 0 Å². The molecule has 144 valence electrons. The van der Waals surface area contributed by atoms with Gasteiger partial charge in [-0.1, -0.05) is 24.6 Å². The smallest absolute Gasteiger partial charge is 0.233 e. The van der Waals surface area contributed by atoms with Crippen molar-refractivity contribution in [3.05, 3.63) is 5.82 Å². The van der Waals surface area contributed by atoms with Gasteiger partial charge in [0, 0.05) is 18.1 Å². The van der Waals surface area contributed by atoms with Crippen molar-refractivity contribution in [1.29, 1.82) is 0 Å². The van der Waals surface area contributed by atoms with E-state index in [2.05, 4.69) is 14.8 Å². The van der Waals surface area contributed by atoms with E-state index < -0.39 is 9.84 Å². The first-order valence-corrected chi connectivity index (χ1v) is 12.3. The van der Waals surface area contributed by atoms with Crippen LogP contribution in [0.2, 0.25) is 0 Å². The Balaban J connectivity index is 1.46. The second kappa shape index (κ2) is 7.14. The second-order valence-electron chi connectivity index (χ2n) is 7.72. The number of hydrogen-bond acceptors (Lipinski definition) is 6. The molecule has 7 nitrogen and oxygen atoms in total. The highest BCUT2D eigenvalue weighted by molar-refractivity contribution is 7.99. The molecule has 1 aliphatic heterocycles. The minimum absolute atomic E-state index is 0.0481. The molecule has 2 aliphatic carbocycles. The third-order valence-electron chi connectivity index (χ3n) is 5.68. The lowest BCUT2D eigenvalue weighted by molar-refractivity contribution is -0.132. The molecule has 26 heavy (non-hydrogen) atoms. The van der Waals surface area contributed by atoms with Crippen LogP contribution in [0, 0.1) is 6.92 Å². The van der Waals surface area contributed by atoms with Crippen molar-refractivity contribution >= 4 is 27.5 Å². The van der Waals surface area contributed by atoms with Gasteiger partial charge in [0.1, 0.15) is 5.82 Å². The standard InChI is InChI=1S/C17H26N4O3S2/c1-12-18-19-17(20(12)14-6-7-14)25-10-16(22)21(13-4-2-3-5-13)15-8-9-26(23,24)11-15/h13-15H,2-11H2,1H3/t15-/m0/s1. The number of amides is 1. The van der Waals surface area contributed by atoms with Crippen LogP contribution in [-0.4, -0.2) is 63.3 Å². The highest BCUT2D eigenvalue weighted by atomic mass is 32.2. The summed E-state index contributed by atoms with van der Waals surface area (Å²) >= 11 is 1.44. The van der Waals surface area contributed by atoms with Crippen LogP contribution in [0.4, 0.5) is 0 Å². The number of hydrogen-bond donors (Lipinski definition) is 0. The van der Waals surface area contributed by atoms with E-state index in [1.807, 2.05) is 11.8 Å². The fourth-order valence-corrected chi connectivity index (χ4v) is 6.92. The summed E-state index contributed by atoms with van der Waals surface area (Å²) in [5.74, 6) is 1.58. The quantitative estimate of drug-likeness (QED) is 0.681. The molecule has 1 aromatic rings. The Morgan fingerprint density at radius 3 is 2.50 bits per heavy atom. The maximum atomic E-state index is 13.1. The van der Waals surface area contributed by atoms with Gasteiger partial charge in [-0.3, -0.25) is 4.79 Å². The van der Waals surface area contributed by atoms with E-state index in [-0.39, 0.29) is 29.5 Å². The number of thioether (sulfide) groups is 1. The fourth-order valence-electron chi connectivity index (χ4n) is 4.28. The maximum Gasteiger partial charge on any atom is 0.233 e. The predicted molar refractivity (Wildman–Crippen MR) is 99.9 cm³/mol. The molecule has 3 aliphatic rings. The molecule has 2 saturated carbocycles. The molecule has 4 rings (SSSR count). The average molecular weight is 399 g/mol. The molecular weight excluding hydrogens is 372 g/mol. The zero-order valence-electron chi connectivity index (χ0n) is 15.1. The predicted octanol–water partition coefficient (Wildman–Crippen LogP) is 1.97. The van der Waals surface area contributed by atoms with Gasteiger partial charge >= 0.3 is 0 Å². The number of aryl methyl sites for hydroxylation is 1. The van der Waals surface area contributed by atoms with Crippen LogP contribution in [0.15, 0.2) is 5.16 Å². The Bertz CT molecular complexity index is 782. The van der Waals surface area contributed by atoms with Crippen molar-refractivity contribution in [2.45, 2.75) is 75.2 Å². The summed E-state index contributed by atoms with van der Waals surface area (Å²) in [6.07, 6.45) is 7.09. The van der Waals surface area contributed by atoms with Gasteiger partial charge in [0.15, 0.2) is 15.0 Å². The van der Waals surface area contributed by atoms with Crippen LogP contribution in [0.1, 0.15) is 56.8 Å². The Morgan fingerprint density at radius 2 is 1.88 bits per heavy atom. The lowest BCUT2D eigenvalue weighted by Crippen LogP contribution is -2.47. The van der Waals surface area contributed by atoms with E-state index in [0.29, 0.717) is 18.2 Å². The Morgan fingerprint density at radius 1 is 1.15 bits per heavy atom. The molecule has 1 saturated heterocycles. The molecular formula is C17H26N4O3S2. The Hall–Kier alpha value is -1.09. The number of aromatic nitrogens is 3. The van der Waals surface area contributed by atoms with Gasteiger partial charge in [-0.2, -0.15) is 0 Å². The lowest BCUT2D eigenvalue weighted by atomic mass is 10.1. The number of sulfone groups is 1. The largest absolute Gasteiger partial charge is 0.335 e. The van der Waals surface area contributed by atoms with Gasteiger partial charge in [0.2, 0.25) is 5.91 Å². The summed E-state index contributed by atoms with van der Waals surface area (Å²) in [7, 11) is -3.00. The monoisotopic (exact) mass is 398 g/mol. The first-order valence-electron chi connectivity index (χ1n) is 9.50. The highest BCUT2D eigenvalue weighted by Crippen LogP contribution is 2.38. The molecule has 1 amide bonds. The van der Waals surface area contributed by atoms with E-state index in [0.717, 1.165) is 49.5 Å². The van der Waals surface area contributed by atoms with Gasteiger partial charge < -0.3 is 9.47 Å². The van der Waals surface area contributed by atoms with Crippen LogP contribution in [-0.2, 0) is 14.6 Å². The molecule has 0 radical (unpaired) electrons. The van der Waals surface area contributed by atoms with E-state index in [1.54, 1.807) is 0 Å². The zero-order chi connectivity index (χ0) is 18.3. The number of nitrogens with zero attached hydrogens (tertiary/aromatic N) is 4. The van der Waals surface area contributed by atoms with Crippen molar-refractivity contribution in [2.75, 3.05) is 17.3 Å². The summed E-state index contributed by atoms with van der Waals surface area (Å²) in [4.78, 5) is 15.0.